The number of nitriles is 1. The summed E-state index contributed by atoms with van der Waals surface area (Å²) in [6, 6.07) is 6.68. The maximum Gasteiger partial charge on any atom is 0.223 e. The predicted molar refractivity (Wildman–Crippen MR) is 68.1 cm³/mol. The van der Waals surface area contributed by atoms with Gasteiger partial charge in [0.15, 0.2) is 0 Å². The summed E-state index contributed by atoms with van der Waals surface area (Å²) in [5, 5.41) is 8.74. The molecule has 2 aliphatic rings. The molecule has 0 spiro atoms. The van der Waals surface area contributed by atoms with Crippen LogP contribution in [0.15, 0.2) is 18.2 Å². The number of hydrogen-bond acceptors (Lipinski definition) is 3. The first-order chi connectivity index (χ1) is 9.19. The minimum atomic E-state index is -0.364. The summed E-state index contributed by atoms with van der Waals surface area (Å²) in [6.07, 6.45) is 1.46. The number of hydrogen-bond donors (Lipinski definition) is 0. The van der Waals surface area contributed by atoms with Crippen LogP contribution in [0.25, 0.3) is 0 Å². The minimum Gasteiger partial charge on any atom is -0.365 e. The molecule has 1 amide bonds. The van der Waals surface area contributed by atoms with Crippen molar-refractivity contribution in [1.82, 2.24) is 4.90 Å². The van der Waals surface area contributed by atoms with E-state index in [0.717, 1.165) is 6.42 Å². The topological polar surface area (TPSA) is 47.3 Å². The third-order valence-corrected chi connectivity index (χ3v) is 3.91. The number of halogens is 1. The van der Waals surface area contributed by atoms with E-state index < -0.39 is 0 Å². The van der Waals surface area contributed by atoms with Crippen molar-refractivity contribution in [2.45, 2.75) is 18.9 Å². The number of amides is 1. The SMILES string of the molecule is N#Cc1ccc(N2CCN3C(=O)CCC3C2)c(F)c1. The van der Waals surface area contributed by atoms with Crippen LogP contribution in [0.5, 0.6) is 0 Å². The van der Waals surface area contributed by atoms with Crippen LogP contribution < -0.4 is 4.90 Å². The van der Waals surface area contributed by atoms with Gasteiger partial charge in [0.1, 0.15) is 5.82 Å². The van der Waals surface area contributed by atoms with E-state index in [2.05, 4.69) is 0 Å². The molecule has 1 atom stereocenters. The number of piperazine rings is 1. The number of rotatable bonds is 1. The second-order valence-electron chi connectivity index (χ2n) is 5.00. The first-order valence-electron chi connectivity index (χ1n) is 6.43. The molecule has 2 saturated heterocycles. The van der Waals surface area contributed by atoms with Crippen LogP contribution in [0, 0.1) is 17.1 Å². The molecular weight excluding hydrogens is 245 g/mol. The summed E-state index contributed by atoms with van der Waals surface area (Å²) in [5.74, 6) is -0.151. The van der Waals surface area contributed by atoms with Gasteiger partial charge in [-0.15, -0.1) is 0 Å². The first-order valence-corrected chi connectivity index (χ1v) is 6.43. The van der Waals surface area contributed by atoms with E-state index in [9.17, 15) is 9.18 Å². The smallest absolute Gasteiger partial charge is 0.223 e. The van der Waals surface area contributed by atoms with Gasteiger partial charge in [-0.2, -0.15) is 5.26 Å². The van der Waals surface area contributed by atoms with Crippen LogP contribution in [0.1, 0.15) is 18.4 Å². The lowest BCUT2D eigenvalue weighted by Crippen LogP contribution is -2.51. The summed E-state index contributed by atoms with van der Waals surface area (Å²) < 4.78 is 14.0. The molecule has 0 saturated carbocycles. The molecule has 0 aliphatic carbocycles. The molecule has 0 bridgehead atoms. The highest BCUT2D eigenvalue weighted by Crippen LogP contribution is 2.28. The van der Waals surface area contributed by atoms with Gasteiger partial charge in [0.2, 0.25) is 5.91 Å². The van der Waals surface area contributed by atoms with Crippen LogP contribution in [0.2, 0.25) is 0 Å². The van der Waals surface area contributed by atoms with Crippen molar-refractivity contribution in [2.75, 3.05) is 24.5 Å². The quantitative estimate of drug-likeness (QED) is 0.768. The third-order valence-electron chi connectivity index (χ3n) is 3.91. The van der Waals surface area contributed by atoms with Gasteiger partial charge < -0.3 is 9.80 Å². The van der Waals surface area contributed by atoms with E-state index in [0.29, 0.717) is 37.3 Å². The molecule has 0 radical (unpaired) electrons. The molecule has 1 unspecified atom stereocenters. The molecule has 4 nitrogen and oxygen atoms in total. The van der Waals surface area contributed by atoms with Gasteiger partial charge in [0.05, 0.1) is 17.3 Å². The average Bonchev–Trinajstić information content (AvgIpc) is 2.79. The monoisotopic (exact) mass is 259 g/mol. The van der Waals surface area contributed by atoms with Crippen molar-refractivity contribution < 1.29 is 9.18 Å². The van der Waals surface area contributed by atoms with E-state index in [-0.39, 0.29) is 17.8 Å². The number of benzene rings is 1. The number of nitrogens with zero attached hydrogens (tertiary/aromatic N) is 3. The predicted octanol–water partition coefficient (Wildman–Crippen LogP) is 1.51. The maximum atomic E-state index is 14.0. The molecule has 1 aromatic rings. The van der Waals surface area contributed by atoms with Crippen molar-refractivity contribution in [3.63, 3.8) is 0 Å². The molecule has 1 aromatic carbocycles. The van der Waals surface area contributed by atoms with Gasteiger partial charge in [0, 0.05) is 32.1 Å². The molecule has 3 rings (SSSR count). The highest BCUT2D eigenvalue weighted by molar-refractivity contribution is 5.79. The van der Waals surface area contributed by atoms with Crippen molar-refractivity contribution in [3.8, 4) is 6.07 Å². The van der Waals surface area contributed by atoms with E-state index in [1.807, 2.05) is 15.9 Å². The highest BCUT2D eigenvalue weighted by Gasteiger charge is 2.35. The Balaban J connectivity index is 1.81. The van der Waals surface area contributed by atoms with Crippen LogP contribution in [-0.4, -0.2) is 36.5 Å². The Labute approximate surface area is 111 Å². The summed E-state index contributed by atoms with van der Waals surface area (Å²) in [7, 11) is 0. The second-order valence-corrected chi connectivity index (χ2v) is 5.00. The Bertz CT molecular complexity index is 566. The fourth-order valence-electron chi connectivity index (χ4n) is 2.92. The zero-order chi connectivity index (χ0) is 13.4. The first kappa shape index (κ1) is 12.0. The normalized spacial score (nSPS) is 22.3. The molecule has 5 heteroatoms. The van der Waals surface area contributed by atoms with Crippen molar-refractivity contribution in [3.05, 3.63) is 29.6 Å². The largest absolute Gasteiger partial charge is 0.365 e. The van der Waals surface area contributed by atoms with Gasteiger partial charge in [-0.25, -0.2) is 4.39 Å². The standard InChI is InChI=1S/C14H14FN3O/c15-12-7-10(8-16)1-3-13(12)17-5-6-18-11(9-17)2-4-14(18)19/h1,3,7,11H,2,4-6,9H2. The van der Waals surface area contributed by atoms with E-state index in [1.54, 1.807) is 12.1 Å². The van der Waals surface area contributed by atoms with Crippen LogP contribution in [-0.2, 0) is 4.79 Å². The second kappa shape index (κ2) is 4.54. The summed E-state index contributed by atoms with van der Waals surface area (Å²) >= 11 is 0. The van der Waals surface area contributed by atoms with E-state index in [1.165, 1.54) is 6.07 Å². The van der Waals surface area contributed by atoms with E-state index in [4.69, 9.17) is 5.26 Å². The molecule has 0 N–H and O–H groups in total. The van der Waals surface area contributed by atoms with Gasteiger partial charge in [-0.1, -0.05) is 0 Å². The molecular formula is C14H14FN3O. The Morgan fingerprint density at radius 2 is 2.21 bits per heavy atom. The zero-order valence-electron chi connectivity index (χ0n) is 10.5. The molecule has 2 aliphatic heterocycles. The van der Waals surface area contributed by atoms with Gasteiger partial charge in [-0.3, -0.25) is 4.79 Å². The number of carbonyl (C=O) groups is 1. The summed E-state index contributed by atoms with van der Waals surface area (Å²) in [5.41, 5.74) is 0.855. The maximum absolute atomic E-state index is 14.0. The Morgan fingerprint density at radius 1 is 1.37 bits per heavy atom. The Kier molecular flexibility index (Phi) is 2.86. The summed E-state index contributed by atoms with van der Waals surface area (Å²) in [4.78, 5) is 15.5. The molecule has 2 fully saturated rings. The van der Waals surface area contributed by atoms with Crippen LogP contribution in [0.3, 0.4) is 0 Å². The zero-order valence-corrected chi connectivity index (χ0v) is 10.5. The van der Waals surface area contributed by atoms with Gasteiger partial charge in [-0.05, 0) is 24.6 Å². The third kappa shape index (κ3) is 2.03. The lowest BCUT2D eigenvalue weighted by Gasteiger charge is -2.38. The summed E-state index contributed by atoms with van der Waals surface area (Å²) in [6.45, 7) is 1.97. The lowest BCUT2D eigenvalue weighted by molar-refractivity contribution is -0.129. The fraction of sp³-hybridized carbons (Fsp3) is 0.429. The van der Waals surface area contributed by atoms with Gasteiger partial charge in [0.25, 0.3) is 0 Å². The van der Waals surface area contributed by atoms with E-state index >= 15 is 0 Å². The Hall–Kier alpha value is -2.09. The average molecular weight is 259 g/mol. The Morgan fingerprint density at radius 3 is 2.95 bits per heavy atom. The van der Waals surface area contributed by atoms with Gasteiger partial charge >= 0.3 is 0 Å². The van der Waals surface area contributed by atoms with Crippen molar-refractivity contribution in [2.24, 2.45) is 0 Å². The molecule has 2 heterocycles. The van der Waals surface area contributed by atoms with Crippen LogP contribution in [0.4, 0.5) is 10.1 Å². The minimum absolute atomic E-state index is 0.205. The molecule has 19 heavy (non-hydrogen) atoms. The van der Waals surface area contributed by atoms with Crippen LogP contribution >= 0.6 is 0 Å². The number of fused-ring (bicyclic) bond motifs is 1. The highest BCUT2D eigenvalue weighted by atomic mass is 19.1. The van der Waals surface area contributed by atoms with Crippen molar-refractivity contribution in [1.29, 1.82) is 5.26 Å². The molecule has 98 valence electrons. The fourth-order valence-corrected chi connectivity index (χ4v) is 2.92. The molecule has 0 aromatic heterocycles. The number of anilines is 1. The lowest BCUT2D eigenvalue weighted by atomic mass is 10.1. The number of carbonyl (C=O) groups excluding carboxylic acids is 1. The van der Waals surface area contributed by atoms with Crippen molar-refractivity contribution >= 4 is 11.6 Å².